The molecule has 5 nitrogen and oxygen atoms in total. The summed E-state index contributed by atoms with van der Waals surface area (Å²) in [6, 6.07) is 16.4. The minimum Gasteiger partial charge on any atom is -0.478 e. The number of carboxylic acid groups (broad SMARTS) is 1. The van der Waals surface area contributed by atoms with E-state index in [-0.39, 0.29) is 17.9 Å². The number of aromatic carboxylic acids is 1. The van der Waals surface area contributed by atoms with Gasteiger partial charge < -0.3 is 15.0 Å². The van der Waals surface area contributed by atoms with Gasteiger partial charge in [0.05, 0.1) is 12.0 Å². The highest BCUT2D eigenvalue weighted by Crippen LogP contribution is 2.26. The van der Waals surface area contributed by atoms with E-state index in [1.807, 2.05) is 30.3 Å². The van der Waals surface area contributed by atoms with E-state index < -0.39 is 5.97 Å². The van der Waals surface area contributed by atoms with E-state index in [1.165, 1.54) is 0 Å². The summed E-state index contributed by atoms with van der Waals surface area (Å²) < 4.78 is 1.77. The van der Waals surface area contributed by atoms with Gasteiger partial charge in [-0.3, -0.25) is 4.79 Å². The van der Waals surface area contributed by atoms with Gasteiger partial charge in [-0.05, 0) is 18.2 Å². The summed E-state index contributed by atoms with van der Waals surface area (Å²) in [5, 5.41) is 13.0. The maximum Gasteiger partial charge on any atom is 0.338 e. The van der Waals surface area contributed by atoms with Gasteiger partial charge in [0.1, 0.15) is 0 Å². The Labute approximate surface area is 133 Å². The molecule has 116 valence electrons. The fourth-order valence-corrected chi connectivity index (χ4v) is 2.77. The van der Waals surface area contributed by atoms with E-state index in [1.54, 1.807) is 35.9 Å². The van der Waals surface area contributed by atoms with Crippen molar-refractivity contribution in [2.24, 2.45) is 7.05 Å². The summed E-state index contributed by atoms with van der Waals surface area (Å²) in [7, 11) is 1.78. The van der Waals surface area contributed by atoms with E-state index in [2.05, 4.69) is 5.32 Å². The van der Waals surface area contributed by atoms with Crippen molar-refractivity contribution in [3.05, 3.63) is 65.9 Å². The third-order valence-electron chi connectivity index (χ3n) is 3.83. The Hall–Kier alpha value is -3.08. The SMILES string of the molecule is Cn1c(CC(=O)Nc2ccccc2)c(C(=O)O)c2ccccc21. The number of hydrogen-bond acceptors (Lipinski definition) is 2. The first-order valence-electron chi connectivity index (χ1n) is 7.22. The minimum atomic E-state index is -1.02. The number of fused-ring (bicyclic) bond motifs is 1. The van der Waals surface area contributed by atoms with Gasteiger partial charge in [0.2, 0.25) is 5.91 Å². The van der Waals surface area contributed by atoms with Crippen LogP contribution >= 0.6 is 0 Å². The molecular weight excluding hydrogens is 292 g/mol. The van der Waals surface area contributed by atoms with Crippen molar-refractivity contribution in [2.45, 2.75) is 6.42 Å². The second-order valence-electron chi connectivity index (χ2n) is 5.29. The van der Waals surface area contributed by atoms with Crippen LogP contribution in [0.4, 0.5) is 5.69 Å². The number of amides is 1. The van der Waals surface area contributed by atoms with Gasteiger partial charge in [-0.25, -0.2) is 4.79 Å². The van der Waals surface area contributed by atoms with Crippen LogP contribution in [0.25, 0.3) is 10.9 Å². The number of nitrogens with one attached hydrogen (secondary N) is 1. The van der Waals surface area contributed by atoms with Gasteiger partial charge in [0, 0.05) is 29.3 Å². The second-order valence-corrected chi connectivity index (χ2v) is 5.29. The third kappa shape index (κ3) is 2.81. The molecule has 2 N–H and O–H groups in total. The monoisotopic (exact) mass is 308 g/mol. The van der Waals surface area contributed by atoms with Crippen LogP contribution in [0.2, 0.25) is 0 Å². The molecule has 1 amide bonds. The van der Waals surface area contributed by atoms with Gasteiger partial charge in [0.15, 0.2) is 0 Å². The van der Waals surface area contributed by atoms with Crippen molar-refractivity contribution in [2.75, 3.05) is 5.32 Å². The van der Waals surface area contributed by atoms with Crippen LogP contribution < -0.4 is 5.32 Å². The smallest absolute Gasteiger partial charge is 0.338 e. The highest BCUT2D eigenvalue weighted by molar-refractivity contribution is 6.06. The van der Waals surface area contributed by atoms with E-state index in [4.69, 9.17) is 0 Å². The quantitative estimate of drug-likeness (QED) is 0.778. The second kappa shape index (κ2) is 5.96. The number of aromatic nitrogens is 1. The summed E-state index contributed by atoms with van der Waals surface area (Å²) in [4.78, 5) is 23.9. The molecule has 0 saturated carbocycles. The maximum absolute atomic E-state index is 12.3. The molecule has 2 aromatic carbocycles. The van der Waals surface area contributed by atoms with Crippen LogP contribution in [-0.2, 0) is 18.3 Å². The van der Waals surface area contributed by atoms with Crippen molar-refractivity contribution in [3.8, 4) is 0 Å². The van der Waals surface area contributed by atoms with Crippen molar-refractivity contribution in [1.82, 2.24) is 4.57 Å². The summed E-state index contributed by atoms with van der Waals surface area (Å²) in [5.74, 6) is -1.27. The first-order valence-corrected chi connectivity index (χ1v) is 7.22. The number of carbonyl (C=O) groups is 2. The summed E-state index contributed by atoms with van der Waals surface area (Å²) >= 11 is 0. The van der Waals surface area contributed by atoms with Crippen molar-refractivity contribution < 1.29 is 14.7 Å². The van der Waals surface area contributed by atoms with Gasteiger partial charge >= 0.3 is 5.97 Å². The standard InChI is InChI=1S/C18H16N2O3/c1-20-14-10-6-5-9-13(14)17(18(22)23)15(20)11-16(21)19-12-7-3-2-4-8-12/h2-10H,11H2,1H3,(H,19,21)(H,22,23). The van der Waals surface area contributed by atoms with Gasteiger partial charge in [0.25, 0.3) is 0 Å². The Kier molecular flexibility index (Phi) is 3.85. The molecule has 0 unspecified atom stereocenters. The lowest BCUT2D eigenvalue weighted by molar-refractivity contribution is -0.115. The van der Waals surface area contributed by atoms with Crippen LogP contribution in [-0.4, -0.2) is 21.6 Å². The van der Waals surface area contributed by atoms with Gasteiger partial charge in [-0.2, -0.15) is 0 Å². The Morgan fingerprint density at radius 1 is 1.04 bits per heavy atom. The van der Waals surface area contributed by atoms with Crippen molar-refractivity contribution in [1.29, 1.82) is 0 Å². The lowest BCUT2D eigenvalue weighted by atomic mass is 10.1. The van der Waals surface area contributed by atoms with Crippen molar-refractivity contribution in [3.63, 3.8) is 0 Å². The van der Waals surface area contributed by atoms with E-state index in [9.17, 15) is 14.7 Å². The first-order chi connectivity index (χ1) is 11.1. The molecule has 0 fully saturated rings. The summed E-state index contributed by atoms with van der Waals surface area (Å²) in [6.07, 6.45) is 0.00169. The number of carbonyl (C=O) groups excluding carboxylic acids is 1. The predicted molar refractivity (Wildman–Crippen MR) is 88.7 cm³/mol. The molecule has 1 aromatic heterocycles. The third-order valence-corrected chi connectivity index (χ3v) is 3.83. The Morgan fingerprint density at radius 2 is 1.70 bits per heavy atom. The zero-order chi connectivity index (χ0) is 16.4. The molecule has 3 rings (SSSR count). The number of aryl methyl sites for hydroxylation is 1. The topological polar surface area (TPSA) is 71.3 Å². The van der Waals surface area contributed by atoms with Crippen LogP contribution in [0.5, 0.6) is 0 Å². The fourth-order valence-electron chi connectivity index (χ4n) is 2.77. The minimum absolute atomic E-state index is 0.00169. The number of hydrogen-bond donors (Lipinski definition) is 2. The molecule has 0 atom stereocenters. The van der Waals surface area contributed by atoms with Crippen LogP contribution in [0.3, 0.4) is 0 Å². The number of para-hydroxylation sites is 2. The molecule has 0 saturated heterocycles. The van der Waals surface area contributed by atoms with Gasteiger partial charge in [-0.15, -0.1) is 0 Å². The zero-order valence-electron chi connectivity index (χ0n) is 12.6. The number of benzene rings is 2. The Balaban J connectivity index is 1.96. The zero-order valence-corrected chi connectivity index (χ0v) is 12.6. The number of nitrogens with zero attached hydrogens (tertiary/aromatic N) is 1. The summed E-state index contributed by atoms with van der Waals surface area (Å²) in [6.45, 7) is 0. The molecule has 5 heteroatoms. The maximum atomic E-state index is 12.3. The largest absolute Gasteiger partial charge is 0.478 e. The van der Waals surface area contributed by atoms with E-state index in [0.717, 1.165) is 5.52 Å². The number of carboxylic acids is 1. The molecule has 0 aliphatic rings. The molecule has 0 bridgehead atoms. The number of anilines is 1. The van der Waals surface area contributed by atoms with Crippen molar-refractivity contribution >= 4 is 28.5 Å². The average molecular weight is 308 g/mol. The van der Waals surface area contributed by atoms with E-state index in [0.29, 0.717) is 16.8 Å². The molecule has 0 spiro atoms. The number of rotatable bonds is 4. The molecule has 0 radical (unpaired) electrons. The first kappa shape index (κ1) is 14.8. The Morgan fingerprint density at radius 3 is 2.39 bits per heavy atom. The predicted octanol–water partition coefficient (Wildman–Crippen LogP) is 3.06. The molecular formula is C18H16N2O3. The average Bonchev–Trinajstić information content (AvgIpc) is 2.81. The molecule has 0 aliphatic heterocycles. The van der Waals surface area contributed by atoms with Gasteiger partial charge in [-0.1, -0.05) is 36.4 Å². The molecule has 0 aliphatic carbocycles. The van der Waals surface area contributed by atoms with Crippen LogP contribution in [0.15, 0.2) is 54.6 Å². The highest BCUT2D eigenvalue weighted by Gasteiger charge is 2.22. The molecule has 1 heterocycles. The van der Waals surface area contributed by atoms with E-state index >= 15 is 0 Å². The van der Waals surface area contributed by atoms with Crippen LogP contribution in [0, 0.1) is 0 Å². The lowest BCUT2D eigenvalue weighted by Crippen LogP contribution is -2.18. The molecule has 3 aromatic rings. The normalized spacial score (nSPS) is 10.7. The van der Waals surface area contributed by atoms with Crippen LogP contribution in [0.1, 0.15) is 16.1 Å². The Bertz CT molecular complexity index is 882. The lowest BCUT2D eigenvalue weighted by Gasteiger charge is -2.07. The highest BCUT2D eigenvalue weighted by atomic mass is 16.4. The fraction of sp³-hybridized carbons (Fsp3) is 0.111. The molecule has 23 heavy (non-hydrogen) atoms. The summed E-state index contributed by atoms with van der Waals surface area (Å²) in [5.41, 5.74) is 2.17.